The maximum atomic E-state index is 6.19. The number of nitrogens with two attached hydrogens (primary N) is 1. The standard InChI is InChI=1S/C15H24N2OS/c1-18-13-3-2-6-15(9-13,11-16)17-7-4-14-12(10-17)5-8-19-14/h5,8,13H,2-4,6-7,9-11,16H2,1H3. The maximum absolute atomic E-state index is 6.19. The molecule has 1 aliphatic heterocycles. The lowest BCUT2D eigenvalue weighted by molar-refractivity contribution is -0.0276. The monoisotopic (exact) mass is 280 g/mol. The molecule has 1 saturated carbocycles. The third-order valence-corrected chi connectivity index (χ3v) is 5.99. The SMILES string of the molecule is COC1CCCC(CN)(N2CCc3sccc3C2)C1. The molecule has 2 heterocycles. The van der Waals surface area contributed by atoms with E-state index in [9.17, 15) is 0 Å². The first-order valence-electron chi connectivity index (χ1n) is 7.30. The lowest BCUT2D eigenvalue weighted by Gasteiger charge is -2.49. The molecule has 2 N–H and O–H groups in total. The van der Waals surface area contributed by atoms with Crippen molar-refractivity contribution in [1.29, 1.82) is 0 Å². The number of rotatable bonds is 3. The summed E-state index contributed by atoms with van der Waals surface area (Å²) in [5.41, 5.74) is 7.87. The summed E-state index contributed by atoms with van der Waals surface area (Å²) in [6.07, 6.45) is 6.33. The highest BCUT2D eigenvalue weighted by Gasteiger charge is 2.41. The molecule has 2 aliphatic rings. The highest BCUT2D eigenvalue weighted by atomic mass is 32.1. The van der Waals surface area contributed by atoms with Gasteiger partial charge in [0.2, 0.25) is 0 Å². The van der Waals surface area contributed by atoms with Gasteiger partial charge in [-0.05, 0) is 49.1 Å². The molecule has 1 aromatic rings. The van der Waals surface area contributed by atoms with Crippen molar-refractivity contribution in [2.24, 2.45) is 5.73 Å². The van der Waals surface area contributed by atoms with Crippen LogP contribution in [0.1, 0.15) is 36.1 Å². The average molecular weight is 280 g/mol. The zero-order valence-electron chi connectivity index (χ0n) is 11.7. The Kier molecular flexibility index (Phi) is 3.94. The molecule has 2 unspecified atom stereocenters. The summed E-state index contributed by atoms with van der Waals surface area (Å²) in [4.78, 5) is 4.20. The van der Waals surface area contributed by atoms with Crippen LogP contribution >= 0.6 is 11.3 Å². The second kappa shape index (κ2) is 5.52. The Morgan fingerprint density at radius 1 is 1.58 bits per heavy atom. The molecule has 0 saturated heterocycles. The van der Waals surface area contributed by atoms with E-state index in [4.69, 9.17) is 10.5 Å². The molecule has 2 atom stereocenters. The van der Waals surface area contributed by atoms with E-state index in [-0.39, 0.29) is 5.54 Å². The van der Waals surface area contributed by atoms with Crippen molar-refractivity contribution in [1.82, 2.24) is 4.90 Å². The van der Waals surface area contributed by atoms with Gasteiger partial charge in [-0.15, -0.1) is 11.3 Å². The third-order valence-electron chi connectivity index (χ3n) is 4.97. The molecule has 3 rings (SSSR count). The highest BCUT2D eigenvalue weighted by Crippen LogP contribution is 2.38. The van der Waals surface area contributed by atoms with E-state index >= 15 is 0 Å². The fraction of sp³-hybridized carbons (Fsp3) is 0.733. The molecule has 0 bridgehead atoms. The Balaban J connectivity index is 1.79. The van der Waals surface area contributed by atoms with Crippen molar-refractivity contribution in [3.05, 3.63) is 21.9 Å². The number of thiophene rings is 1. The van der Waals surface area contributed by atoms with Gasteiger partial charge in [0, 0.05) is 37.2 Å². The maximum Gasteiger partial charge on any atom is 0.0589 e. The van der Waals surface area contributed by atoms with Gasteiger partial charge >= 0.3 is 0 Å². The largest absolute Gasteiger partial charge is 0.381 e. The minimum absolute atomic E-state index is 0.165. The summed E-state index contributed by atoms with van der Waals surface area (Å²) >= 11 is 1.90. The number of nitrogens with zero attached hydrogens (tertiary/aromatic N) is 1. The molecular weight excluding hydrogens is 256 g/mol. The molecule has 1 aromatic heterocycles. The summed E-state index contributed by atoms with van der Waals surface area (Å²) in [6, 6.07) is 2.28. The van der Waals surface area contributed by atoms with Crippen molar-refractivity contribution < 1.29 is 4.74 Å². The normalized spacial score (nSPS) is 32.2. The summed E-state index contributed by atoms with van der Waals surface area (Å²) in [7, 11) is 1.84. The molecule has 0 aromatic carbocycles. The van der Waals surface area contributed by atoms with E-state index < -0.39 is 0 Å². The Bertz CT molecular complexity index is 434. The zero-order valence-corrected chi connectivity index (χ0v) is 12.5. The molecule has 0 spiro atoms. The molecule has 1 fully saturated rings. The second-order valence-corrected chi connectivity index (χ2v) is 6.92. The lowest BCUT2D eigenvalue weighted by atomic mass is 9.78. The van der Waals surface area contributed by atoms with E-state index in [0.29, 0.717) is 6.10 Å². The summed E-state index contributed by atoms with van der Waals surface area (Å²) in [5.74, 6) is 0. The predicted octanol–water partition coefficient (Wildman–Crippen LogP) is 2.39. The zero-order chi connectivity index (χ0) is 13.3. The van der Waals surface area contributed by atoms with Crippen molar-refractivity contribution in [3.8, 4) is 0 Å². The Labute approximate surface area is 119 Å². The van der Waals surface area contributed by atoms with Gasteiger partial charge in [-0.3, -0.25) is 4.90 Å². The van der Waals surface area contributed by atoms with Crippen molar-refractivity contribution >= 4 is 11.3 Å². The highest BCUT2D eigenvalue weighted by molar-refractivity contribution is 7.10. The van der Waals surface area contributed by atoms with Gasteiger partial charge in [0.1, 0.15) is 0 Å². The smallest absolute Gasteiger partial charge is 0.0589 e. The van der Waals surface area contributed by atoms with Gasteiger partial charge in [0.15, 0.2) is 0 Å². The number of hydrogen-bond acceptors (Lipinski definition) is 4. The quantitative estimate of drug-likeness (QED) is 0.924. The average Bonchev–Trinajstić information content (AvgIpc) is 2.94. The van der Waals surface area contributed by atoms with Gasteiger partial charge in [0.25, 0.3) is 0 Å². The van der Waals surface area contributed by atoms with E-state index in [0.717, 1.165) is 26.1 Å². The van der Waals surface area contributed by atoms with Crippen molar-refractivity contribution in [2.45, 2.75) is 50.3 Å². The van der Waals surface area contributed by atoms with E-state index in [1.807, 2.05) is 18.4 Å². The minimum atomic E-state index is 0.165. The molecule has 19 heavy (non-hydrogen) atoms. The van der Waals surface area contributed by atoms with Crippen LogP contribution in [-0.4, -0.2) is 36.7 Å². The molecule has 0 amide bonds. The molecule has 0 radical (unpaired) electrons. The Hall–Kier alpha value is -0.420. The third kappa shape index (κ3) is 2.47. The van der Waals surface area contributed by atoms with Crippen LogP contribution in [0.15, 0.2) is 11.4 Å². The van der Waals surface area contributed by atoms with Crippen LogP contribution in [0.4, 0.5) is 0 Å². The first-order chi connectivity index (χ1) is 9.27. The Morgan fingerprint density at radius 2 is 2.47 bits per heavy atom. The van der Waals surface area contributed by atoms with E-state index in [2.05, 4.69) is 16.3 Å². The molecule has 3 nitrogen and oxygen atoms in total. The van der Waals surface area contributed by atoms with Crippen LogP contribution in [0.3, 0.4) is 0 Å². The topological polar surface area (TPSA) is 38.5 Å². The summed E-state index contributed by atoms with van der Waals surface area (Å²) < 4.78 is 5.61. The number of hydrogen-bond donors (Lipinski definition) is 1. The number of ether oxygens (including phenoxy) is 1. The van der Waals surface area contributed by atoms with Gasteiger partial charge in [-0.25, -0.2) is 0 Å². The fourth-order valence-electron chi connectivity index (χ4n) is 3.74. The van der Waals surface area contributed by atoms with Crippen LogP contribution in [0.2, 0.25) is 0 Å². The molecule has 1 aliphatic carbocycles. The predicted molar refractivity (Wildman–Crippen MR) is 79.5 cm³/mol. The minimum Gasteiger partial charge on any atom is -0.381 e. The second-order valence-electron chi connectivity index (χ2n) is 5.92. The Morgan fingerprint density at radius 3 is 3.26 bits per heavy atom. The van der Waals surface area contributed by atoms with E-state index in [1.165, 1.54) is 31.2 Å². The van der Waals surface area contributed by atoms with Gasteiger partial charge in [0.05, 0.1) is 6.10 Å². The van der Waals surface area contributed by atoms with Crippen LogP contribution in [0.5, 0.6) is 0 Å². The molecule has 4 heteroatoms. The summed E-state index contributed by atoms with van der Waals surface area (Å²) in [5, 5.41) is 2.22. The van der Waals surface area contributed by atoms with E-state index in [1.54, 1.807) is 4.88 Å². The number of fused-ring (bicyclic) bond motifs is 1. The number of methoxy groups -OCH3 is 1. The van der Waals surface area contributed by atoms with Crippen LogP contribution in [0, 0.1) is 0 Å². The van der Waals surface area contributed by atoms with Crippen LogP contribution in [-0.2, 0) is 17.7 Å². The van der Waals surface area contributed by atoms with Gasteiger partial charge in [-0.2, -0.15) is 0 Å². The first kappa shape index (κ1) is 13.6. The molecule has 106 valence electrons. The molecular formula is C15H24N2OS. The lowest BCUT2D eigenvalue weighted by Crippen LogP contribution is -2.58. The van der Waals surface area contributed by atoms with Crippen LogP contribution < -0.4 is 5.73 Å². The van der Waals surface area contributed by atoms with Gasteiger partial charge < -0.3 is 10.5 Å². The first-order valence-corrected chi connectivity index (χ1v) is 8.18. The van der Waals surface area contributed by atoms with Gasteiger partial charge in [-0.1, -0.05) is 0 Å². The van der Waals surface area contributed by atoms with Crippen molar-refractivity contribution in [2.75, 3.05) is 20.2 Å². The van der Waals surface area contributed by atoms with Crippen LogP contribution in [0.25, 0.3) is 0 Å². The van der Waals surface area contributed by atoms with Crippen molar-refractivity contribution in [3.63, 3.8) is 0 Å². The fourth-order valence-corrected chi connectivity index (χ4v) is 4.63. The summed E-state index contributed by atoms with van der Waals surface area (Å²) in [6.45, 7) is 2.99.